The number of halogens is 1. The van der Waals surface area contributed by atoms with Crippen molar-refractivity contribution in [1.82, 2.24) is 4.90 Å². The third-order valence-corrected chi connectivity index (χ3v) is 4.42. The molecule has 0 aliphatic heterocycles. The molecule has 0 fully saturated rings. The first-order valence-corrected chi connectivity index (χ1v) is 8.22. The van der Waals surface area contributed by atoms with Crippen molar-refractivity contribution in [1.29, 1.82) is 0 Å². The SMILES string of the molecule is CN(C)C(=O)Sc1cccc(NC(=O)c2ccc(Cl)c([N+](=O)[O-])c2)c1. The van der Waals surface area contributed by atoms with Gasteiger partial charge in [0, 0.05) is 36.3 Å². The van der Waals surface area contributed by atoms with Crippen LogP contribution in [-0.4, -0.2) is 35.1 Å². The van der Waals surface area contributed by atoms with Gasteiger partial charge in [-0.25, -0.2) is 0 Å². The van der Waals surface area contributed by atoms with Gasteiger partial charge in [-0.15, -0.1) is 0 Å². The van der Waals surface area contributed by atoms with Gasteiger partial charge in [0.05, 0.1) is 4.92 Å². The lowest BCUT2D eigenvalue weighted by atomic mass is 10.2. The van der Waals surface area contributed by atoms with Crippen molar-refractivity contribution in [2.45, 2.75) is 4.90 Å². The van der Waals surface area contributed by atoms with Crippen molar-refractivity contribution in [3.05, 3.63) is 63.2 Å². The monoisotopic (exact) mass is 379 g/mol. The minimum absolute atomic E-state index is 0.0397. The highest BCUT2D eigenvalue weighted by Gasteiger charge is 2.16. The third kappa shape index (κ3) is 4.94. The third-order valence-electron chi connectivity index (χ3n) is 3.07. The van der Waals surface area contributed by atoms with E-state index in [0.717, 1.165) is 17.8 Å². The Hall–Kier alpha value is -2.58. The molecular formula is C16H14ClN3O4S. The van der Waals surface area contributed by atoms with Crippen LogP contribution in [0.3, 0.4) is 0 Å². The number of benzene rings is 2. The number of anilines is 1. The molecule has 7 nitrogen and oxygen atoms in total. The summed E-state index contributed by atoms with van der Waals surface area (Å²) < 4.78 is 0. The van der Waals surface area contributed by atoms with E-state index in [1.165, 1.54) is 17.0 Å². The van der Waals surface area contributed by atoms with Crippen LogP contribution in [0.1, 0.15) is 10.4 Å². The molecule has 0 heterocycles. The van der Waals surface area contributed by atoms with Crippen molar-refractivity contribution in [2.75, 3.05) is 19.4 Å². The first kappa shape index (κ1) is 18.8. The Morgan fingerprint density at radius 2 is 1.92 bits per heavy atom. The van der Waals surface area contributed by atoms with Crippen LogP contribution in [-0.2, 0) is 0 Å². The largest absolute Gasteiger partial charge is 0.339 e. The first-order valence-electron chi connectivity index (χ1n) is 7.02. The van der Waals surface area contributed by atoms with E-state index in [4.69, 9.17) is 11.6 Å². The number of rotatable bonds is 4. The van der Waals surface area contributed by atoms with E-state index in [1.807, 2.05) is 0 Å². The lowest BCUT2D eigenvalue weighted by Gasteiger charge is -2.10. The van der Waals surface area contributed by atoms with E-state index in [9.17, 15) is 19.7 Å². The number of carbonyl (C=O) groups is 2. The molecule has 2 rings (SSSR count). The van der Waals surface area contributed by atoms with Gasteiger partial charge >= 0.3 is 0 Å². The predicted molar refractivity (Wildman–Crippen MR) is 97.4 cm³/mol. The minimum atomic E-state index is -0.650. The fourth-order valence-corrected chi connectivity index (χ4v) is 2.73. The molecule has 0 aromatic heterocycles. The van der Waals surface area contributed by atoms with Crippen LogP contribution in [0.15, 0.2) is 47.4 Å². The lowest BCUT2D eigenvalue weighted by molar-refractivity contribution is -0.384. The molecule has 0 atom stereocenters. The molecule has 0 saturated heterocycles. The number of nitro groups is 1. The fraction of sp³-hybridized carbons (Fsp3) is 0.125. The summed E-state index contributed by atoms with van der Waals surface area (Å²) in [6.07, 6.45) is 0. The van der Waals surface area contributed by atoms with Crippen molar-refractivity contribution in [3.63, 3.8) is 0 Å². The van der Waals surface area contributed by atoms with Gasteiger partial charge in [-0.2, -0.15) is 0 Å². The van der Waals surface area contributed by atoms with E-state index in [2.05, 4.69) is 5.32 Å². The van der Waals surface area contributed by atoms with Gasteiger partial charge in [0.1, 0.15) is 5.02 Å². The highest BCUT2D eigenvalue weighted by molar-refractivity contribution is 8.13. The number of nitro benzene ring substituents is 1. The zero-order valence-electron chi connectivity index (χ0n) is 13.4. The number of thioether (sulfide) groups is 1. The summed E-state index contributed by atoms with van der Waals surface area (Å²) in [4.78, 5) is 36.4. The molecule has 0 spiro atoms. The molecule has 0 radical (unpaired) electrons. The number of nitrogens with one attached hydrogen (secondary N) is 1. The highest BCUT2D eigenvalue weighted by Crippen LogP contribution is 2.26. The van der Waals surface area contributed by atoms with E-state index in [-0.39, 0.29) is 21.5 Å². The maximum Gasteiger partial charge on any atom is 0.288 e. The smallest absolute Gasteiger partial charge is 0.288 e. The molecule has 0 bridgehead atoms. The summed E-state index contributed by atoms with van der Waals surface area (Å²) >= 11 is 6.76. The molecule has 0 unspecified atom stereocenters. The van der Waals surface area contributed by atoms with Crippen LogP contribution in [0.2, 0.25) is 5.02 Å². The zero-order valence-corrected chi connectivity index (χ0v) is 14.9. The molecule has 2 amide bonds. The molecule has 25 heavy (non-hydrogen) atoms. The molecule has 0 saturated carbocycles. The predicted octanol–water partition coefficient (Wildman–Crippen LogP) is 4.27. The van der Waals surface area contributed by atoms with Crippen LogP contribution < -0.4 is 5.32 Å². The second kappa shape index (κ2) is 8.00. The molecule has 9 heteroatoms. The Labute approximate surface area is 153 Å². The number of nitrogens with zero attached hydrogens (tertiary/aromatic N) is 2. The highest BCUT2D eigenvalue weighted by atomic mass is 35.5. The maximum atomic E-state index is 12.3. The number of hydrogen-bond donors (Lipinski definition) is 1. The Bertz CT molecular complexity index is 842. The van der Waals surface area contributed by atoms with Gasteiger partial charge in [0.25, 0.3) is 16.8 Å². The quantitative estimate of drug-likeness (QED) is 0.486. The van der Waals surface area contributed by atoms with Gasteiger partial charge < -0.3 is 10.2 Å². The summed E-state index contributed by atoms with van der Waals surface area (Å²) in [6.45, 7) is 0. The fourth-order valence-electron chi connectivity index (χ4n) is 1.83. The van der Waals surface area contributed by atoms with E-state index >= 15 is 0 Å². The van der Waals surface area contributed by atoms with Gasteiger partial charge in [-0.1, -0.05) is 17.7 Å². The van der Waals surface area contributed by atoms with Crippen molar-refractivity contribution >= 4 is 45.9 Å². The summed E-state index contributed by atoms with van der Waals surface area (Å²) in [5, 5.41) is 13.4. The van der Waals surface area contributed by atoms with Crippen molar-refractivity contribution in [3.8, 4) is 0 Å². The number of hydrogen-bond acceptors (Lipinski definition) is 5. The standard InChI is InChI=1S/C16H14ClN3O4S/c1-19(2)16(22)25-12-5-3-4-11(9-12)18-15(21)10-6-7-13(17)14(8-10)20(23)24/h3-9H,1-2H3,(H,18,21). The van der Waals surface area contributed by atoms with Crippen molar-refractivity contribution < 1.29 is 14.5 Å². The summed E-state index contributed by atoms with van der Waals surface area (Å²) in [6, 6.07) is 10.6. The summed E-state index contributed by atoms with van der Waals surface area (Å²) in [7, 11) is 3.29. The molecule has 0 aliphatic carbocycles. The van der Waals surface area contributed by atoms with E-state index in [1.54, 1.807) is 38.4 Å². The van der Waals surface area contributed by atoms with Crippen molar-refractivity contribution in [2.24, 2.45) is 0 Å². The summed E-state index contributed by atoms with van der Waals surface area (Å²) in [5.41, 5.74) is 0.243. The van der Waals surface area contributed by atoms with Gasteiger partial charge in [0.2, 0.25) is 0 Å². The Kier molecular flexibility index (Phi) is 6.00. The zero-order chi connectivity index (χ0) is 18.6. The van der Waals surface area contributed by atoms with Gasteiger partial charge in [-0.3, -0.25) is 19.7 Å². The second-order valence-corrected chi connectivity index (χ2v) is 6.60. The van der Waals surface area contributed by atoms with Crippen LogP contribution in [0, 0.1) is 10.1 Å². The molecule has 130 valence electrons. The average Bonchev–Trinajstić information content (AvgIpc) is 2.55. The Balaban J connectivity index is 2.17. The van der Waals surface area contributed by atoms with Crippen LogP contribution in [0.4, 0.5) is 16.2 Å². The Morgan fingerprint density at radius 1 is 1.20 bits per heavy atom. The second-order valence-electron chi connectivity index (χ2n) is 5.17. The molecular weight excluding hydrogens is 366 g/mol. The van der Waals surface area contributed by atoms with E-state index < -0.39 is 10.8 Å². The lowest BCUT2D eigenvalue weighted by Crippen LogP contribution is -2.16. The minimum Gasteiger partial charge on any atom is -0.339 e. The van der Waals surface area contributed by atoms with Crippen LogP contribution >= 0.6 is 23.4 Å². The molecule has 2 aromatic carbocycles. The van der Waals surface area contributed by atoms with Gasteiger partial charge in [-0.05, 0) is 42.1 Å². The molecule has 1 N–H and O–H groups in total. The maximum absolute atomic E-state index is 12.3. The normalized spacial score (nSPS) is 10.2. The van der Waals surface area contributed by atoms with Crippen LogP contribution in [0.25, 0.3) is 0 Å². The first-order chi connectivity index (χ1) is 11.8. The molecule has 0 aliphatic rings. The van der Waals surface area contributed by atoms with E-state index in [0.29, 0.717) is 10.6 Å². The number of carbonyl (C=O) groups excluding carboxylic acids is 2. The topological polar surface area (TPSA) is 92.6 Å². The number of amides is 2. The van der Waals surface area contributed by atoms with Crippen LogP contribution in [0.5, 0.6) is 0 Å². The average molecular weight is 380 g/mol. The Morgan fingerprint density at radius 3 is 2.56 bits per heavy atom. The van der Waals surface area contributed by atoms with Gasteiger partial charge in [0.15, 0.2) is 0 Å². The molecule has 2 aromatic rings. The summed E-state index contributed by atoms with van der Waals surface area (Å²) in [5.74, 6) is -0.513.